The second-order valence-electron chi connectivity index (χ2n) is 2.17. The van der Waals surface area contributed by atoms with Gasteiger partial charge in [-0.3, -0.25) is 0 Å². The molecule has 0 amide bonds. The van der Waals surface area contributed by atoms with Crippen LogP contribution in [0.25, 0.3) is 0 Å². The van der Waals surface area contributed by atoms with Gasteiger partial charge in [0.05, 0.1) is 0 Å². The van der Waals surface area contributed by atoms with Crippen LogP contribution in [0.4, 0.5) is 0 Å². The molecule has 0 heterocycles. The van der Waals surface area contributed by atoms with E-state index in [9.17, 15) is 0 Å². The fraction of sp³-hybridized carbons (Fsp3) is 0.250. The third-order valence-electron chi connectivity index (χ3n) is 1.29. The van der Waals surface area contributed by atoms with E-state index in [0.29, 0.717) is 0 Å². The molecule has 0 atom stereocenters. The van der Waals surface area contributed by atoms with E-state index in [1.165, 1.54) is 15.3 Å². The zero-order chi connectivity index (χ0) is 6.69. The normalized spacial score (nSPS) is 9.44. The van der Waals surface area contributed by atoms with Crippen LogP contribution in [0.1, 0.15) is 11.1 Å². The number of benzene rings is 1. The summed E-state index contributed by atoms with van der Waals surface area (Å²) in [6.07, 6.45) is 0. The first-order valence-electron chi connectivity index (χ1n) is 3.03. The third kappa shape index (κ3) is 2.06. The molecule has 0 saturated heterocycles. The zero-order valence-electron chi connectivity index (χ0n) is 5.52. The Morgan fingerprint density at radius 1 is 1.44 bits per heavy atom. The van der Waals surface area contributed by atoms with Gasteiger partial charge in [0.2, 0.25) is 0 Å². The Morgan fingerprint density at radius 2 is 2.22 bits per heavy atom. The fourth-order valence-electron chi connectivity index (χ4n) is 0.822. The van der Waals surface area contributed by atoms with Gasteiger partial charge in [0.1, 0.15) is 0 Å². The first-order chi connectivity index (χ1) is 4.33. The van der Waals surface area contributed by atoms with Gasteiger partial charge in [-0.15, -0.1) is 0 Å². The van der Waals surface area contributed by atoms with Gasteiger partial charge >= 0.3 is 71.2 Å². The second kappa shape index (κ2) is 3.32. The Labute approximate surface area is 71.1 Å². The molecular weight excluding hydrogens is 187 g/mol. The van der Waals surface area contributed by atoms with Crippen LogP contribution in [0.2, 0.25) is 0 Å². The average molecular weight is 196 g/mol. The van der Waals surface area contributed by atoms with Crippen LogP contribution in [0, 0.1) is 6.92 Å². The molecule has 0 spiro atoms. The molecule has 1 rings (SSSR count). The third-order valence-corrected chi connectivity index (χ3v) is 2.29. The van der Waals surface area contributed by atoms with Gasteiger partial charge in [0, 0.05) is 0 Å². The van der Waals surface area contributed by atoms with Crippen LogP contribution in [0.5, 0.6) is 0 Å². The van der Waals surface area contributed by atoms with E-state index in [4.69, 9.17) is 0 Å². The Morgan fingerprint density at radius 3 is 2.67 bits per heavy atom. The molecule has 9 heavy (non-hydrogen) atoms. The van der Waals surface area contributed by atoms with E-state index < -0.39 is 0 Å². The first kappa shape index (κ1) is 7.21. The van der Waals surface area contributed by atoms with E-state index in [2.05, 4.69) is 31.2 Å². The molecule has 0 saturated carbocycles. The predicted octanol–water partition coefficient (Wildman–Crippen LogP) is 2.04. The van der Waals surface area contributed by atoms with Crippen molar-refractivity contribution in [3.8, 4) is 0 Å². The van der Waals surface area contributed by atoms with Gasteiger partial charge in [0.25, 0.3) is 0 Å². The standard InChI is InChI=1S/C8H9.Zr/c1-7-4-3-5-8(2)6-7;/h3-6H,1H2,2H3;/q;-1. The van der Waals surface area contributed by atoms with Crippen LogP contribution >= 0.6 is 0 Å². The molecule has 0 unspecified atom stereocenters. The average Bonchev–Trinajstić information content (AvgIpc) is 1.88. The number of rotatable bonds is 1. The summed E-state index contributed by atoms with van der Waals surface area (Å²) in [7, 11) is 0. The van der Waals surface area contributed by atoms with Crippen molar-refractivity contribution in [3.05, 3.63) is 35.4 Å². The van der Waals surface area contributed by atoms with Gasteiger partial charge < -0.3 is 0 Å². The van der Waals surface area contributed by atoms with Crippen LogP contribution in [-0.2, 0) is 28.8 Å². The Hall–Kier alpha value is 0.103. The van der Waals surface area contributed by atoms with Gasteiger partial charge in [0.15, 0.2) is 0 Å². The van der Waals surface area contributed by atoms with Crippen LogP contribution in [-0.4, -0.2) is 0 Å². The minimum absolute atomic E-state index is 1.23. The molecule has 0 aliphatic heterocycles. The SMILES string of the molecule is Cc1cccc([CH2][Zr-])c1. The van der Waals surface area contributed by atoms with E-state index in [1.807, 2.05) is 0 Å². The molecule has 0 nitrogen and oxygen atoms in total. The number of hydrogen-bond donors (Lipinski definition) is 0. The van der Waals surface area contributed by atoms with E-state index in [0.717, 1.165) is 0 Å². The molecule has 0 aliphatic rings. The topological polar surface area (TPSA) is 0 Å². The maximum atomic E-state index is 2.24. The van der Waals surface area contributed by atoms with Gasteiger partial charge in [-0.25, -0.2) is 0 Å². The summed E-state index contributed by atoms with van der Waals surface area (Å²) in [5, 5.41) is 0. The number of aryl methyl sites for hydroxylation is 1. The Kier molecular flexibility index (Phi) is 2.66. The van der Waals surface area contributed by atoms with Crippen LogP contribution < -0.4 is 0 Å². The van der Waals surface area contributed by atoms with Crippen molar-refractivity contribution in [2.75, 3.05) is 0 Å². The molecule has 0 aromatic heterocycles. The molecule has 0 fully saturated rings. The molecule has 0 radical (unpaired) electrons. The number of hydrogen-bond acceptors (Lipinski definition) is 0. The summed E-state index contributed by atoms with van der Waals surface area (Å²) in [4.78, 5) is 0. The van der Waals surface area contributed by atoms with Crippen molar-refractivity contribution in [2.24, 2.45) is 0 Å². The van der Waals surface area contributed by atoms with E-state index in [-0.39, 0.29) is 0 Å². The molecular formula is C8H9Zr-. The van der Waals surface area contributed by atoms with Crippen LogP contribution in [0.15, 0.2) is 24.3 Å². The van der Waals surface area contributed by atoms with Crippen molar-refractivity contribution in [1.82, 2.24) is 0 Å². The second-order valence-corrected chi connectivity index (χ2v) is 3.03. The van der Waals surface area contributed by atoms with E-state index in [1.54, 1.807) is 24.7 Å². The monoisotopic (exact) mass is 195 g/mol. The maximum absolute atomic E-state index is 2.24. The summed E-state index contributed by atoms with van der Waals surface area (Å²) < 4.78 is 1.23. The predicted molar refractivity (Wildman–Crippen MR) is 34.9 cm³/mol. The molecule has 46 valence electrons. The van der Waals surface area contributed by atoms with Crippen molar-refractivity contribution >= 4 is 0 Å². The van der Waals surface area contributed by atoms with Gasteiger partial charge in [-0.1, -0.05) is 0 Å². The molecule has 1 heteroatoms. The Balaban J connectivity index is 2.94. The molecule has 0 bridgehead atoms. The summed E-state index contributed by atoms with van der Waals surface area (Å²) in [5.74, 6) is 0. The van der Waals surface area contributed by atoms with Crippen molar-refractivity contribution < 1.29 is 24.7 Å². The summed E-state index contributed by atoms with van der Waals surface area (Å²) >= 11 is 1.59. The van der Waals surface area contributed by atoms with Crippen molar-refractivity contribution in [1.29, 1.82) is 0 Å². The fourth-order valence-corrected chi connectivity index (χ4v) is 1.36. The first-order valence-corrected chi connectivity index (χ1v) is 4.77. The molecule has 0 aliphatic carbocycles. The molecule has 0 N–H and O–H groups in total. The summed E-state index contributed by atoms with van der Waals surface area (Å²) in [6.45, 7) is 2.13. The van der Waals surface area contributed by atoms with Crippen LogP contribution in [0.3, 0.4) is 0 Å². The van der Waals surface area contributed by atoms with Crippen molar-refractivity contribution in [2.45, 2.75) is 11.1 Å². The quantitative estimate of drug-likeness (QED) is 0.645. The molecule has 1 aromatic carbocycles. The van der Waals surface area contributed by atoms with Gasteiger partial charge in [-0.2, -0.15) is 0 Å². The van der Waals surface area contributed by atoms with Gasteiger partial charge in [-0.05, 0) is 0 Å². The zero-order valence-corrected chi connectivity index (χ0v) is 7.97. The molecule has 1 aromatic rings. The van der Waals surface area contributed by atoms with Crippen molar-refractivity contribution in [3.63, 3.8) is 0 Å². The summed E-state index contributed by atoms with van der Waals surface area (Å²) in [5.41, 5.74) is 2.84. The van der Waals surface area contributed by atoms with E-state index >= 15 is 0 Å². The minimum atomic E-state index is 1.23. The Bertz CT molecular complexity index is 194. The summed E-state index contributed by atoms with van der Waals surface area (Å²) in [6, 6.07) is 8.68.